The highest BCUT2D eigenvalue weighted by atomic mass is 35.5. The van der Waals surface area contributed by atoms with E-state index in [2.05, 4.69) is 16.4 Å². The van der Waals surface area contributed by atoms with Crippen molar-refractivity contribution in [2.24, 2.45) is 16.5 Å². The van der Waals surface area contributed by atoms with Crippen molar-refractivity contribution in [3.8, 4) is 6.07 Å². The standard InChI is InChI=1S/C19H21ClN6O2/c20-13-4-1-3-12(9-13)16(22)15(17(23)27)14-10-26(8-7-24-14)18(28)25-19(11-21)5-2-6-19/h1,3-4,9H,2,5-8,10,22H2,(H2,23,27)(H,25,28). The average Bonchev–Trinajstić information content (AvgIpc) is 2.64. The summed E-state index contributed by atoms with van der Waals surface area (Å²) in [4.78, 5) is 30.6. The maximum atomic E-state index is 12.6. The smallest absolute Gasteiger partial charge is 0.319 e. The summed E-state index contributed by atoms with van der Waals surface area (Å²) in [5.41, 5.74) is 12.1. The van der Waals surface area contributed by atoms with Crippen LogP contribution >= 0.6 is 11.6 Å². The molecule has 8 nitrogen and oxygen atoms in total. The summed E-state index contributed by atoms with van der Waals surface area (Å²) >= 11 is 6.01. The number of halogens is 1. The normalized spacial score (nSPS) is 18.9. The minimum Gasteiger partial charge on any atom is -0.398 e. The lowest BCUT2D eigenvalue weighted by molar-refractivity contribution is -0.114. The van der Waals surface area contributed by atoms with Crippen LogP contribution in [0, 0.1) is 11.3 Å². The zero-order valence-electron chi connectivity index (χ0n) is 15.2. The molecule has 0 spiro atoms. The largest absolute Gasteiger partial charge is 0.398 e. The molecule has 28 heavy (non-hydrogen) atoms. The second-order valence-electron chi connectivity index (χ2n) is 6.89. The van der Waals surface area contributed by atoms with E-state index >= 15 is 0 Å². The Labute approximate surface area is 167 Å². The Kier molecular flexibility index (Phi) is 5.56. The monoisotopic (exact) mass is 400 g/mol. The van der Waals surface area contributed by atoms with E-state index in [4.69, 9.17) is 23.1 Å². The quantitative estimate of drug-likeness (QED) is 0.657. The van der Waals surface area contributed by atoms with Gasteiger partial charge in [0.2, 0.25) is 0 Å². The van der Waals surface area contributed by atoms with Gasteiger partial charge >= 0.3 is 6.03 Å². The van der Waals surface area contributed by atoms with E-state index in [1.807, 2.05) is 0 Å². The number of rotatable bonds is 4. The van der Waals surface area contributed by atoms with Crippen LogP contribution in [-0.2, 0) is 4.79 Å². The molecule has 146 valence electrons. The summed E-state index contributed by atoms with van der Waals surface area (Å²) in [5.74, 6) is -0.731. The van der Waals surface area contributed by atoms with Crippen LogP contribution in [-0.4, -0.2) is 47.7 Å². The number of nitriles is 1. The maximum Gasteiger partial charge on any atom is 0.319 e. The van der Waals surface area contributed by atoms with E-state index in [1.54, 1.807) is 24.3 Å². The molecule has 0 atom stereocenters. The number of primary amides is 1. The SMILES string of the molecule is N#CC1(NC(=O)N2CCN=C(C(C(N)=O)=C(N)c3cccc(Cl)c3)C2)CCC1. The van der Waals surface area contributed by atoms with Crippen LogP contribution in [0.15, 0.2) is 34.8 Å². The van der Waals surface area contributed by atoms with Gasteiger partial charge in [0.25, 0.3) is 5.91 Å². The first kappa shape index (κ1) is 19.7. The van der Waals surface area contributed by atoms with Gasteiger partial charge in [-0.3, -0.25) is 9.79 Å². The third-order valence-corrected chi connectivity index (χ3v) is 5.24. The summed E-state index contributed by atoms with van der Waals surface area (Å²) in [6, 6.07) is 8.56. The number of benzene rings is 1. The summed E-state index contributed by atoms with van der Waals surface area (Å²) in [5, 5.41) is 12.6. The molecule has 0 radical (unpaired) electrons. The second kappa shape index (κ2) is 7.90. The first-order valence-corrected chi connectivity index (χ1v) is 9.30. The number of aliphatic imine (C=N–C) groups is 1. The van der Waals surface area contributed by atoms with E-state index in [9.17, 15) is 14.9 Å². The molecule has 1 fully saturated rings. The zero-order chi connectivity index (χ0) is 20.3. The number of amides is 3. The summed E-state index contributed by atoms with van der Waals surface area (Å²) in [6.45, 7) is 0.759. The highest BCUT2D eigenvalue weighted by Crippen LogP contribution is 2.31. The van der Waals surface area contributed by atoms with Crippen LogP contribution in [0.25, 0.3) is 5.70 Å². The van der Waals surface area contributed by atoms with Crippen LogP contribution in [0.5, 0.6) is 0 Å². The van der Waals surface area contributed by atoms with Gasteiger partial charge in [0.1, 0.15) is 5.54 Å². The Morgan fingerprint density at radius 3 is 2.64 bits per heavy atom. The molecule has 0 bridgehead atoms. The maximum absolute atomic E-state index is 12.6. The molecule has 3 rings (SSSR count). The van der Waals surface area contributed by atoms with Gasteiger partial charge in [0.05, 0.1) is 36.1 Å². The van der Waals surface area contributed by atoms with Crippen molar-refractivity contribution in [1.82, 2.24) is 10.2 Å². The van der Waals surface area contributed by atoms with Crippen LogP contribution < -0.4 is 16.8 Å². The van der Waals surface area contributed by atoms with Crippen molar-refractivity contribution in [3.63, 3.8) is 0 Å². The molecule has 3 amide bonds. The first-order chi connectivity index (χ1) is 13.3. The number of nitrogens with one attached hydrogen (secondary N) is 1. The number of carbonyl (C=O) groups is 2. The Morgan fingerprint density at radius 1 is 1.32 bits per heavy atom. The third kappa shape index (κ3) is 3.94. The molecule has 1 heterocycles. The van der Waals surface area contributed by atoms with Crippen LogP contribution in [0.3, 0.4) is 0 Å². The van der Waals surface area contributed by atoms with Gasteiger partial charge < -0.3 is 21.7 Å². The topological polar surface area (TPSA) is 138 Å². The average molecular weight is 401 g/mol. The molecule has 1 aromatic rings. The number of nitrogens with zero attached hydrogens (tertiary/aromatic N) is 3. The van der Waals surface area contributed by atoms with Gasteiger partial charge in [-0.25, -0.2) is 4.79 Å². The molecule has 5 N–H and O–H groups in total. The van der Waals surface area contributed by atoms with Gasteiger partial charge in [-0.05, 0) is 37.0 Å². The van der Waals surface area contributed by atoms with E-state index in [-0.39, 0.29) is 23.8 Å². The van der Waals surface area contributed by atoms with E-state index in [0.717, 1.165) is 6.42 Å². The second-order valence-corrected chi connectivity index (χ2v) is 7.33. The Bertz CT molecular complexity index is 913. The van der Waals surface area contributed by atoms with E-state index in [1.165, 1.54) is 4.90 Å². The minimum atomic E-state index is -0.798. The van der Waals surface area contributed by atoms with E-state index < -0.39 is 11.4 Å². The van der Waals surface area contributed by atoms with Crippen LogP contribution in [0.2, 0.25) is 5.02 Å². The van der Waals surface area contributed by atoms with Crippen molar-refractivity contribution >= 4 is 34.9 Å². The Balaban J connectivity index is 1.84. The number of nitrogens with two attached hydrogens (primary N) is 2. The fraction of sp³-hybridized carbons (Fsp3) is 0.368. The predicted octanol–water partition coefficient (Wildman–Crippen LogP) is 1.41. The molecular formula is C19H21ClN6O2. The molecule has 1 aliphatic carbocycles. The highest BCUT2D eigenvalue weighted by molar-refractivity contribution is 6.31. The molecule has 9 heteroatoms. The van der Waals surface area contributed by atoms with Gasteiger partial charge in [-0.15, -0.1) is 0 Å². The zero-order valence-corrected chi connectivity index (χ0v) is 16.0. The molecule has 1 aliphatic heterocycles. The van der Waals surface area contributed by atoms with Gasteiger partial charge in [0, 0.05) is 11.6 Å². The summed E-state index contributed by atoms with van der Waals surface area (Å²) in [7, 11) is 0. The summed E-state index contributed by atoms with van der Waals surface area (Å²) in [6.07, 6.45) is 2.18. The van der Waals surface area contributed by atoms with Crippen molar-refractivity contribution in [1.29, 1.82) is 5.26 Å². The number of carbonyl (C=O) groups excluding carboxylic acids is 2. The Morgan fingerprint density at radius 2 is 2.07 bits per heavy atom. The lowest BCUT2D eigenvalue weighted by Crippen LogP contribution is -2.58. The van der Waals surface area contributed by atoms with Gasteiger partial charge in [0.15, 0.2) is 0 Å². The summed E-state index contributed by atoms with van der Waals surface area (Å²) < 4.78 is 0. The van der Waals surface area contributed by atoms with Crippen LogP contribution in [0.1, 0.15) is 24.8 Å². The van der Waals surface area contributed by atoms with Crippen molar-refractivity contribution in [2.75, 3.05) is 19.6 Å². The molecule has 0 unspecified atom stereocenters. The minimum absolute atomic E-state index is 0.0680. The Hall–Kier alpha value is -3.05. The number of urea groups is 1. The molecule has 1 aromatic carbocycles. The van der Waals surface area contributed by atoms with Crippen molar-refractivity contribution < 1.29 is 9.59 Å². The fourth-order valence-electron chi connectivity index (χ4n) is 3.26. The van der Waals surface area contributed by atoms with Crippen molar-refractivity contribution in [2.45, 2.75) is 24.8 Å². The third-order valence-electron chi connectivity index (χ3n) is 5.01. The lowest BCUT2D eigenvalue weighted by Gasteiger charge is -2.38. The van der Waals surface area contributed by atoms with Gasteiger partial charge in [-0.1, -0.05) is 23.7 Å². The van der Waals surface area contributed by atoms with Gasteiger partial charge in [-0.2, -0.15) is 5.26 Å². The molecule has 0 aromatic heterocycles. The molecular weight excluding hydrogens is 380 g/mol. The number of hydrogen-bond acceptors (Lipinski definition) is 5. The lowest BCUT2D eigenvalue weighted by atomic mass is 9.78. The molecule has 0 saturated heterocycles. The first-order valence-electron chi connectivity index (χ1n) is 8.93. The molecule has 2 aliphatic rings. The number of hydrogen-bond donors (Lipinski definition) is 3. The predicted molar refractivity (Wildman–Crippen MR) is 106 cm³/mol. The van der Waals surface area contributed by atoms with E-state index in [0.29, 0.717) is 42.2 Å². The molecule has 1 saturated carbocycles. The van der Waals surface area contributed by atoms with Crippen LogP contribution in [0.4, 0.5) is 4.79 Å². The fourth-order valence-corrected chi connectivity index (χ4v) is 3.45. The highest BCUT2D eigenvalue weighted by Gasteiger charge is 2.40. The van der Waals surface area contributed by atoms with Crippen molar-refractivity contribution in [3.05, 3.63) is 40.4 Å².